The number of hydrogen-bond donors (Lipinski definition) is 0. The predicted molar refractivity (Wildman–Crippen MR) is 111 cm³/mol. The van der Waals surface area contributed by atoms with Gasteiger partial charge in [0.25, 0.3) is 0 Å². The first-order chi connectivity index (χ1) is 10.2. The van der Waals surface area contributed by atoms with Gasteiger partial charge < -0.3 is 45.4 Å². The number of hydrogen-bond acceptors (Lipinski definition) is 0. The second kappa shape index (κ2) is 15.3. The van der Waals surface area contributed by atoms with Crippen LogP contribution in [0.3, 0.4) is 0 Å². The van der Waals surface area contributed by atoms with Crippen LogP contribution in [0.4, 0.5) is 0 Å². The van der Waals surface area contributed by atoms with Gasteiger partial charge in [-0.1, -0.05) is 67.8 Å². The van der Waals surface area contributed by atoms with Crippen LogP contribution >= 0.6 is 0 Å². The molecule has 0 saturated heterocycles. The summed E-state index contributed by atoms with van der Waals surface area (Å²) in [6.07, 6.45) is 6.44. The molecule has 5 heteroatoms. The van der Waals surface area contributed by atoms with Crippen molar-refractivity contribution in [3.8, 4) is 0 Å². The van der Waals surface area contributed by atoms with E-state index in [0.717, 1.165) is 6.42 Å². The Labute approximate surface area is 196 Å². The van der Waals surface area contributed by atoms with Crippen LogP contribution < -0.4 is 24.8 Å². The quantitative estimate of drug-likeness (QED) is 0.268. The summed E-state index contributed by atoms with van der Waals surface area (Å²) in [5.74, 6) is 0. The summed E-state index contributed by atoms with van der Waals surface area (Å²) in [6.45, 7) is 3.67. The molecule has 1 aliphatic rings. The number of rotatable bonds is 0. The summed E-state index contributed by atoms with van der Waals surface area (Å²) in [4.78, 5) is 0. The number of benzene rings is 3. The van der Waals surface area contributed by atoms with E-state index in [-0.39, 0.29) is 78.4 Å². The van der Waals surface area contributed by atoms with Crippen LogP contribution in [0, 0.1) is 20.9 Å². The predicted octanol–water partition coefficient (Wildman–Crippen LogP) is 0.338. The Morgan fingerprint density at radius 2 is 1.19 bits per heavy atom. The fraction of sp³-hybridized carbons (Fsp3) is 0.182. The van der Waals surface area contributed by atoms with E-state index in [9.17, 15) is 0 Å². The normalized spacial score (nSPS) is 9.78. The molecule has 0 unspecified atom stereocenters. The monoisotopic (exact) mass is 449 g/mol. The van der Waals surface area contributed by atoms with Crippen LogP contribution in [0.1, 0.15) is 25.0 Å². The number of allylic oxidation sites excluding steroid dienone is 1. The molecule has 4 rings (SSSR count). The largest absolute Gasteiger partial charge is 2.00 e. The first-order valence-corrected chi connectivity index (χ1v) is 7.38. The molecule has 0 bridgehead atoms. The van der Waals surface area contributed by atoms with E-state index in [4.69, 9.17) is 5.73 Å². The number of halogens is 2. The zero-order chi connectivity index (χ0) is 14.8. The molecule has 0 saturated carbocycles. The minimum atomic E-state index is 0. The van der Waals surface area contributed by atoms with Crippen molar-refractivity contribution in [2.75, 3.05) is 0 Å². The van der Waals surface area contributed by atoms with Crippen LogP contribution in [0.5, 0.6) is 0 Å². The molecule has 0 aromatic heterocycles. The molecule has 3 aromatic rings. The Morgan fingerprint density at radius 3 is 1.67 bits per heavy atom. The summed E-state index contributed by atoms with van der Waals surface area (Å²) in [7, 11) is 0. The van der Waals surface area contributed by atoms with Gasteiger partial charge in [0, 0.05) is 11.0 Å². The van der Waals surface area contributed by atoms with Crippen LogP contribution in [0.25, 0.3) is 33.4 Å². The summed E-state index contributed by atoms with van der Waals surface area (Å²) in [6, 6.07) is 17.4. The van der Waals surface area contributed by atoms with Gasteiger partial charge in [0.2, 0.25) is 0 Å². The van der Waals surface area contributed by atoms with Crippen LogP contribution in [0.2, 0.25) is 0 Å². The molecule has 0 fully saturated rings. The zero-order valence-electron chi connectivity index (χ0n) is 16.2. The molecule has 1 N–H and O–H groups in total. The zero-order valence-corrected chi connectivity index (χ0v) is 20.3. The van der Waals surface area contributed by atoms with Gasteiger partial charge in [-0.2, -0.15) is 5.56 Å². The maximum atomic E-state index is 6.58. The van der Waals surface area contributed by atoms with Gasteiger partial charge in [-0.3, -0.25) is 6.08 Å². The van der Waals surface area contributed by atoms with Crippen LogP contribution in [0.15, 0.2) is 48.5 Å². The van der Waals surface area contributed by atoms with E-state index in [2.05, 4.69) is 60.7 Å². The smallest absolute Gasteiger partial charge is 1.00 e. The van der Waals surface area contributed by atoms with Crippen molar-refractivity contribution in [3.05, 3.63) is 86.3 Å². The van der Waals surface area contributed by atoms with E-state index in [1.54, 1.807) is 0 Å². The Morgan fingerprint density at radius 1 is 0.815 bits per heavy atom. The molecule has 144 valence electrons. The Bertz CT molecular complexity index is 832. The minimum Gasteiger partial charge on any atom is -1.00 e. The topological polar surface area (TPSA) is 23.8 Å². The van der Waals surface area contributed by atoms with E-state index in [0.29, 0.717) is 0 Å². The second-order valence-electron chi connectivity index (χ2n) is 5.66. The van der Waals surface area contributed by atoms with Crippen molar-refractivity contribution in [1.29, 1.82) is 0 Å². The molecule has 0 heterocycles. The second-order valence-corrected chi connectivity index (χ2v) is 5.66. The van der Waals surface area contributed by atoms with Crippen molar-refractivity contribution in [1.82, 2.24) is 0 Å². The summed E-state index contributed by atoms with van der Waals surface area (Å²) in [5.41, 5.74) is 9.37. The van der Waals surface area contributed by atoms with Crippen molar-refractivity contribution in [2.45, 2.75) is 26.3 Å². The SMILES string of the molecule is CC(C)[NH-].[C-]1=Cc2c(c3ccccc3c3ccccc23)C1.[CH3-].[CH3-].[Cl-].[Cl-].[Si].[Ti+2]. The minimum absolute atomic E-state index is 0. The fourth-order valence-corrected chi connectivity index (χ4v) is 2.85. The third-order valence-corrected chi connectivity index (χ3v) is 3.61. The van der Waals surface area contributed by atoms with Crippen molar-refractivity contribution >= 4 is 38.6 Å². The molecule has 27 heavy (non-hydrogen) atoms. The molecule has 0 amide bonds. The van der Waals surface area contributed by atoms with Gasteiger partial charge >= 0.3 is 21.7 Å². The number of nitrogens with one attached hydrogen (secondary N) is 1. The Kier molecular flexibility index (Phi) is 19.3. The number of fused-ring (bicyclic) bond motifs is 6. The van der Waals surface area contributed by atoms with Gasteiger partial charge in [-0.05, 0) is 16.2 Å². The van der Waals surface area contributed by atoms with Gasteiger partial charge in [-0.25, -0.2) is 6.08 Å². The van der Waals surface area contributed by atoms with Crippen molar-refractivity contribution in [3.63, 3.8) is 0 Å². The molecule has 1 aliphatic carbocycles. The third-order valence-electron chi connectivity index (χ3n) is 3.61. The molecular weight excluding hydrogens is 425 g/mol. The van der Waals surface area contributed by atoms with Gasteiger partial charge in [0.1, 0.15) is 0 Å². The van der Waals surface area contributed by atoms with E-state index >= 15 is 0 Å². The average Bonchev–Trinajstić information content (AvgIpc) is 2.97. The molecule has 4 radical (unpaired) electrons. The van der Waals surface area contributed by atoms with E-state index in [1.165, 1.54) is 32.7 Å². The molecule has 0 atom stereocenters. The van der Waals surface area contributed by atoms with Crippen LogP contribution in [-0.4, -0.2) is 17.0 Å². The molecular formula is C22H25Cl2NSiTi-4. The first kappa shape index (κ1) is 33.9. The van der Waals surface area contributed by atoms with Gasteiger partial charge in [-0.15, -0.1) is 18.0 Å². The summed E-state index contributed by atoms with van der Waals surface area (Å²) in [5, 5.41) is 5.44. The Hall–Kier alpha value is -0.609. The van der Waals surface area contributed by atoms with Gasteiger partial charge in [0.05, 0.1) is 0 Å². The Balaban J connectivity index is -0.000000245. The average molecular weight is 450 g/mol. The molecule has 0 spiro atoms. The summed E-state index contributed by atoms with van der Waals surface area (Å²) >= 11 is 0. The van der Waals surface area contributed by atoms with Crippen LogP contribution in [-0.2, 0) is 28.1 Å². The fourth-order valence-electron chi connectivity index (χ4n) is 2.85. The van der Waals surface area contributed by atoms with Gasteiger partial charge in [0.15, 0.2) is 0 Å². The molecule has 1 nitrogen and oxygen atoms in total. The van der Waals surface area contributed by atoms with Crippen molar-refractivity contribution < 1.29 is 46.5 Å². The van der Waals surface area contributed by atoms with Crippen molar-refractivity contribution in [2.24, 2.45) is 0 Å². The van der Waals surface area contributed by atoms with E-state index in [1.807, 2.05) is 13.8 Å². The molecule has 0 aliphatic heterocycles. The third kappa shape index (κ3) is 7.38. The molecule has 3 aromatic carbocycles. The summed E-state index contributed by atoms with van der Waals surface area (Å²) < 4.78 is 0. The van der Waals surface area contributed by atoms with E-state index < -0.39 is 0 Å². The maximum absolute atomic E-state index is 6.58. The standard InChI is InChI=1S/C17H11.C3H8N.2CH3.2ClH.Si.Ti/c1-3-8-14-12(6-1)13-7-2-4-9-15(13)17-11-5-10-16(14)17;1-3(2)4;;;;;;/h1-4,6-10H,11H2;3-4H,1-2H3;2*1H3;2*1H;;/q4*-1;;;;+2/p-2. The maximum Gasteiger partial charge on any atom is 2.00 e. The first-order valence-electron chi connectivity index (χ1n) is 7.38.